The van der Waals surface area contributed by atoms with Gasteiger partial charge in [0.05, 0.1) is 30.6 Å². The Hall–Kier alpha value is -2.90. The number of nitrogens with one attached hydrogen (secondary N) is 1. The molecule has 3 heterocycles. The van der Waals surface area contributed by atoms with Crippen LogP contribution < -0.4 is 10.7 Å². The van der Waals surface area contributed by atoms with Crippen molar-refractivity contribution in [3.05, 3.63) is 39.8 Å². The van der Waals surface area contributed by atoms with Gasteiger partial charge >= 0.3 is 0 Å². The third-order valence-electron chi connectivity index (χ3n) is 7.40. The molecule has 0 bridgehead atoms. The van der Waals surface area contributed by atoms with E-state index >= 15 is 0 Å². The smallest absolute Gasteiger partial charge is 0.259 e. The third-order valence-corrected chi connectivity index (χ3v) is 9.58. The number of nitrogens with zero attached hydrogens (tertiary/aromatic N) is 5. The second kappa shape index (κ2) is 16.8. The predicted molar refractivity (Wildman–Crippen MR) is 168 cm³/mol. The fraction of sp³-hybridized carbons (Fsp3) is 0.645. The molecular weight excluding hydrogens is 567 g/mol. The number of hydrogen-bond donors (Lipinski definition) is 1. The van der Waals surface area contributed by atoms with E-state index in [-0.39, 0.29) is 41.0 Å². The maximum absolute atomic E-state index is 12.9. The highest BCUT2D eigenvalue weighted by molar-refractivity contribution is 7.44. The van der Waals surface area contributed by atoms with Gasteiger partial charge in [-0.25, -0.2) is 9.65 Å². The van der Waals surface area contributed by atoms with Crippen LogP contribution in [0.5, 0.6) is 0 Å². The first kappa shape index (κ1) is 34.6. The number of hydrogen-bond acceptors (Lipinski definition) is 8. The summed E-state index contributed by atoms with van der Waals surface area (Å²) in [6.45, 7) is 14.8. The van der Waals surface area contributed by atoms with E-state index in [0.717, 1.165) is 25.0 Å². The van der Waals surface area contributed by atoms with Gasteiger partial charge in [-0.3, -0.25) is 14.4 Å². The lowest BCUT2D eigenvalue weighted by molar-refractivity contribution is -0.130. The Morgan fingerprint density at radius 1 is 1.21 bits per heavy atom. The quantitative estimate of drug-likeness (QED) is 0.209. The second-order valence-corrected chi connectivity index (χ2v) is 12.9. The fourth-order valence-corrected chi connectivity index (χ4v) is 6.99. The highest BCUT2D eigenvalue weighted by Gasteiger charge is 2.34. The molecule has 236 valence electrons. The second-order valence-electron chi connectivity index (χ2n) is 11.5. The molecule has 2 amide bonds. The molecule has 2 aromatic rings. The van der Waals surface area contributed by atoms with Gasteiger partial charge in [-0.15, -0.1) is 0 Å². The normalized spacial score (nSPS) is 15.9. The number of unbranched alkanes of at least 4 members (excludes halogenated alkanes) is 2. The first-order valence-corrected chi connectivity index (χ1v) is 16.5. The molecule has 12 heteroatoms. The molecule has 0 aromatic carbocycles. The van der Waals surface area contributed by atoms with E-state index in [9.17, 15) is 14.4 Å². The van der Waals surface area contributed by atoms with Crippen LogP contribution in [0.25, 0.3) is 11.0 Å². The van der Waals surface area contributed by atoms with Crippen LogP contribution in [0.15, 0.2) is 23.1 Å². The van der Waals surface area contributed by atoms with Gasteiger partial charge in [-0.1, -0.05) is 6.42 Å². The van der Waals surface area contributed by atoms with Crippen molar-refractivity contribution in [2.24, 2.45) is 0 Å². The van der Waals surface area contributed by atoms with Crippen LogP contribution in [0.1, 0.15) is 89.2 Å². The van der Waals surface area contributed by atoms with E-state index in [4.69, 9.17) is 14.3 Å². The molecule has 0 radical (unpaired) electrons. The van der Waals surface area contributed by atoms with Crippen molar-refractivity contribution in [3.8, 4) is 6.07 Å². The lowest BCUT2D eigenvalue weighted by Crippen LogP contribution is -2.35. The van der Waals surface area contributed by atoms with Crippen molar-refractivity contribution >= 4 is 31.4 Å². The molecule has 43 heavy (non-hydrogen) atoms. The van der Waals surface area contributed by atoms with Crippen LogP contribution in [0.3, 0.4) is 0 Å². The number of fused-ring (bicyclic) bond motifs is 1. The molecule has 1 fully saturated rings. The Labute approximate surface area is 256 Å². The molecule has 1 N–H and O–H groups in total. The Balaban J connectivity index is 1.42. The van der Waals surface area contributed by atoms with E-state index < -0.39 is 8.53 Å². The summed E-state index contributed by atoms with van der Waals surface area (Å²) < 4.78 is 16.4. The zero-order valence-electron chi connectivity index (χ0n) is 26.5. The van der Waals surface area contributed by atoms with Crippen molar-refractivity contribution in [2.45, 2.75) is 105 Å². The number of carbonyl (C=O) groups excluding carboxylic acids is 2. The van der Waals surface area contributed by atoms with Crippen LogP contribution in [-0.4, -0.2) is 75.4 Å². The maximum Gasteiger partial charge on any atom is 0.259 e. The topological polar surface area (TPSA) is 130 Å². The molecule has 1 aliphatic heterocycles. The molecular formula is C31H47N6O5P. The zero-order chi connectivity index (χ0) is 31.5. The number of aromatic nitrogens is 2. The lowest BCUT2D eigenvalue weighted by atomic mass is 10.1. The van der Waals surface area contributed by atoms with Crippen LogP contribution in [-0.2, 0) is 20.4 Å². The molecule has 2 atom stereocenters. The van der Waals surface area contributed by atoms with Crippen LogP contribution in [0, 0.1) is 18.3 Å². The van der Waals surface area contributed by atoms with Crippen molar-refractivity contribution in [3.63, 3.8) is 0 Å². The average Bonchev–Trinajstić information content (AvgIpc) is 3.43. The summed E-state index contributed by atoms with van der Waals surface area (Å²) in [5, 5.41) is 12.2. The summed E-state index contributed by atoms with van der Waals surface area (Å²) >= 11 is 0. The summed E-state index contributed by atoms with van der Waals surface area (Å²) in [4.78, 5) is 45.0. The Kier molecular flexibility index (Phi) is 13.5. The number of aryl methyl sites for hydroxylation is 2. The van der Waals surface area contributed by atoms with Gasteiger partial charge in [0, 0.05) is 56.6 Å². The number of carbonyl (C=O) groups is 2. The van der Waals surface area contributed by atoms with E-state index in [2.05, 4.69) is 48.7 Å². The SMILES string of the molecule is CCn1cc(C(=O)NCCCCCC(=O)N2CC[C@@H](OP(OCCC#N)N(C(C)C)C(C)C)C2)c(=O)c2ccc(C)nc21. The average molecular weight is 615 g/mol. The Morgan fingerprint density at radius 2 is 1.95 bits per heavy atom. The molecule has 0 saturated carbocycles. The van der Waals surface area contributed by atoms with E-state index in [1.54, 1.807) is 18.3 Å². The maximum atomic E-state index is 12.9. The number of likely N-dealkylation sites (tertiary alicyclic amines) is 1. The third kappa shape index (κ3) is 9.54. The van der Waals surface area contributed by atoms with Crippen molar-refractivity contribution in [2.75, 3.05) is 26.2 Å². The van der Waals surface area contributed by atoms with Crippen LogP contribution in [0.4, 0.5) is 0 Å². The summed E-state index contributed by atoms with van der Waals surface area (Å²) in [5.41, 5.74) is 1.20. The zero-order valence-corrected chi connectivity index (χ0v) is 27.4. The molecule has 0 aliphatic carbocycles. The van der Waals surface area contributed by atoms with Gasteiger partial charge in [0.15, 0.2) is 0 Å². The monoisotopic (exact) mass is 614 g/mol. The highest BCUT2D eigenvalue weighted by Crippen LogP contribution is 2.48. The van der Waals surface area contributed by atoms with Crippen LogP contribution >= 0.6 is 8.53 Å². The largest absolute Gasteiger partial charge is 0.352 e. The predicted octanol–water partition coefficient (Wildman–Crippen LogP) is 4.91. The first-order valence-electron chi connectivity index (χ1n) is 15.4. The fourth-order valence-electron chi connectivity index (χ4n) is 5.26. The summed E-state index contributed by atoms with van der Waals surface area (Å²) in [6, 6.07) is 6.07. The van der Waals surface area contributed by atoms with E-state index in [1.165, 1.54) is 0 Å². The number of amides is 2. The minimum atomic E-state index is -1.33. The van der Waals surface area contributed by atoms with Crippen LogP contribution in [0.2, 0.25) is 0 Å². The van der Waals surface area contributed by atoms with Gasteiger partial charge in [0.25, 0.3) is 14.4 Å². The van der Waals surface area contributed by atoms with Gasteiger partial charge in [-0.05, 0) is 72.9 Å². The Bertz CT molecular complexity index is 1330. The number of rotatable bonds is 16. The van der Waals surface area contributed by atoms with Crippen molar-refractivity contribution < 1.29 is 18.6 Å². The molecule has 0 spiro atoms. The molecule has 3 rings (SSSR count). The van der Waals surface area contributed by atoms with Gasteiger partial charge in [0.1, 0.15) is 11.2 Å². The molecule has 1 aliphatic rings. The summed E-state index contributed by atoms with van der Waals surface area (Å²) in [7, 11) is -1.33. The van der Waals surface area contributed by atoms with Gasteiger partial charge in [0.2, 0.25) is 11.3 Å². The lowest BCUT2D eigenvalue weighted by Gasteiger charge is -2.36. The Morgan fingerprint density at radius 3 is 2.63 bits per heavy atom. The summed E-state index contributed by atoms with van der Waals surface area (Å²) in [6.07, 6.45) is 5.22. The minimum Gasteiger partial charge on any atom is -0.352 e. The molecule has 11 nitrogen and oxygen atoms in total. The van der Waals surface area contributed by atoms with Crippen molar-refractivity contribution in [1.29, 1.82) is 5.26 Å². The minimum absolute atomic E-state index is 0.0976. The first-order chi connectivity index (χ1) is 20.6. The number of pyridine rings is 2. The van der Waals surface area contributed by atoms with Crippen molar-refractivity contribution in [1.82, 2.24) is 24.4 Å². The van der Waals surface area contributed by atoms with E-state index in [1.807, 2.05) is 23.3 Å². The molecule has 1 unspecified atom stereocenters. The standard InChI is InChI=1S/C31H47N6O5P/c1-7-35-21-27(29(39)26-14-13-24(6)34-30(26)35)31(40)33-17-10-8-9-12-28(38)36-18-15-25(20-36)42-43(41-19-11-16-32)37(22(2)3)23(4)5/h13-14,21-23,25H,7-12,15,17-20H2,1-6H3,(H,33,40)/t25-,43?/m1/s1. The summed E-state index contributed by atoms with van der Waals surface area (Å²) in [5.74, 6) is -0.284. The van der Waals surface area contributed by atoms with Gasteiger partial charge < -0.3 is 23.8 Å². The number of nitriles is 1. The highest BCUT2D eigenvalue weighted by atomic mass is 31.2. The van der Waals surface area contributed by atoms with Gasteiger partial charge in [-0.2, -0.15) is 5.26 Å². The molecule has 2 aromatic heterocycles. The van der Waals surface area contributed by atoms with E-state index in [0.29, 0.717) is 63.1 Å². The molecule has 1 saturated heterocycles.